The van der Waals surface area contributed by atoms with Crippen LogP contribution in [-0.2, 0) is 0 Å². The normalized spacial score (nSPS) is 10.9. The van der Waals surface area contributed by atoms with E-state index in [4.69, 9.17) is 28.4 Å². The molecule has 0 saturated carbocycles. The summed E-state index contributed by atoms with van der Waals surface area (Å²) < 4.78 is 32.4. The SMILES string of the molecule is COc1cc(C#Cc2ccc3c(c2)OCO3)cc(C#Cc2cc(OC)c(OC)c(OC)c2)c1. The van der Waals surface area contributed by atoms with E-state index < -0.39 is 0 Å². The van der Waals surface area contributed by atoms with E-state index in [0.29, 0.717) is 28.7 Å². The Kier molecular flexibility index (Phi) is 6.48. The predicted molar refractivity (Wildman–Crippen MR) is 124 cm³/mol. The lowest BCUT2D eigenvalue weighted by atomic mass is 10.1. The van der Waals surface area contributed by atoms with E-state index in [1.165, 1.54) is 0 Å². The van der Waals surface area contributed by atoms with Gasteiger partial charge in [-0.2, -0.15) is 0 Å². The second-order valence-electron chi connectivity index (χ2n) is 6.93. The lowest BCUT2D eigenvalue weighted by Crippen LogP contribution is -1.95. The second kappa shape index (κ2) is 9.80. The second-order valence-corrected chi connectivity index (χ2v) is 6.93. The Labute approximate surface area is 193 Å². The molecule has 1 aliphatic rings. The Morgan fingerprint density at radius 1 is 0.576 bits per heavy atom. The molecule has 0 fully saturated rings. The van der Waals surface area contributed by atoms with E-state index in [9.17, 15) is 0 Å². The Hall–Kier alpha value is -4.42. The third kappa shape index (κ3) is 4.92. The first-order valence-electron chi connectivity index (χ1n) is 10.1. The Morgan fingerprint density at radius 3 is 1.73 bits per heavy atom. The van der Waals surface area contributed by atoms with Crippen LogP contribution in [-0.4, -0.2) is 35.2 Å². The standard InChI is InChI=1S/C27H22O6/c1-28-22-12-19(6-5-18-9-10-23-24(14-18)33-17-32-23)11-20(13-22)7-8-21-15-25(29-2)27(31-4)26(16-21)30-3/h9-16H,17H2,1-4H3. The molecule has 0 radical (unpaired) electrons. The van der Waals surface area contributed by atoms with Crippen molar-refractivity contribution in [1.29, 1.82) is 0 Å². The molecule has 0 aliphatic carbocycles. The molecule has 0 amide bonds. The quantitative estimate of drug-likeness (QED) is 0.563. The van der Waals surface area contributed by atoms with Crippen molar-refractivity contribution < 1.29 is 28.4 Å². The highest BCUT2D eigenvalue weighted by Crippen LogP contribution is 2.38. The molecule has 0 aromatic heterocycles. The number of rotatable bonds is 4. The molecule has 166 valence electrons. The third-order valence-corrected chi connectivity index (χ3v) is 4.88. The molecule has 0 spiro atoms. The lowest BCUT2D eigenvalue weighted by molar-refractivity contribution is 0.174. The predicted octanol–water partition coefficient (Wildman–Crippen LogP) is 4.25. The molecule has 6 heteroatoms. The molecular weight excluding hydrogens is 420 g/mol. The van der Waals surface area contributed by atoms with Gasteiger partial charge in [-0.1, -0.05) is 23.7 Å². The number of ether oxygens (including phenoxy) is 6. The van der Waals surface area contributed by atoms with Crippen LogP contribution in [0.5, 0.6) is 34.5 Å². The number of hydrogen-bond acceptors (Lipinski definition) is 6. The van der Waals surface area contributed by atoms with Crippen molar-refractivity contribution in [3.05, 3.63) is 70.8 Å². The molecule has 3 aromatic rings. The van der Waals surface area contributed by atoms with Crippen LogP contribution < -0.4 is 28.4 Å². The van der Waals surface area contributed by atoms with Gasteiger partial charge in [-0.3, -0.25) is 0 Å². The minimum Gasteiger partial charge on any atom is -0.497 e. The largest absolute Gasteiger partial charge is 0.497 e. The summed E-state index contributed by atoms with van der Waals surface area (Å²) >= 11 is 0. The molecule has 3 aromatic carbocycles. The molecule has 6 nitrogen and oxygen atoms in total. The maximum atomic E-state index is 5.43. The van der Waals surface area contributed by atoms with Crippen LogP contribution in [0.2, 0.25) is 0 Å². The van der Waals surface area contributed by atoms with E-state index in [0.717, 1.165) is 28.0 Å². The van der Waals surface area contributed by atoms with Crippen molar-refractivity contribution in [1.82, 2.24) is 0 Å². The van der Waals surface area contributed by atoms with Crippen LogP contribution in [0.1, 0.15) is 22.3 Å². The van der Waals surface area contributed by atoms with Crippen LogP contribution in [0.15, 0.2) is 48.5 Å². The molecular formula is C27H22O6. The number of fused-ring (bicyclic) bond motifs is 1. The molecule has 0 atom stereocenters. The Balaban J connectivity index is 1.65. The van der Waals surface area contributed by atoms with Crippen molar-refractivity contribution >= 4 is 0 Å². The first-order valence-corrected chi connectivity index (χ1v) is 10.1. The fourth-order valence-electron chi connectivity index (χ4n) is 3.28. The lowest BCUT2D eigenvalue weighted by Gasteiger charge is -2.12. The zero-order valence-corrected chi connectivity index (χ0v) is 18.8. The van der Waals surface area contributed by atoms with Crippen molar-refractivity contribution in [3.63, 3.8) is 0 Å². The highest BCUT2D eigenvalue weighted by molar-refractivity contribution is 5.59. The third-order valence-electron chi connectivity index (χ3n) is 4.88. The fourth-order valence-corrected chi connectivity index (χ4v) is 3.28. The van der Waals surface area contributed by atoms with E-state index in [2.05, 4.69) is 23.7 Å². The summed E-state index contributed by atoms with van der Waals surface area (Å²) in [6.45, 7) is 0.232. The first-order chi connectivity index (χ1) is 16.1. The van der Waals surface area contributed by atoms with Gasteiger partial charge in [0.1, 0.15) is 5.75 Å². The van der Waals surface area contributed by atoms with Crippen molar-refractivity contribution in [2.45, 2.75) is 0 Å². The molecule has 1 aliphatic heterocycles. The van der Waals surface area contributed by atoms with Crippen LogP contribution >= 0.6 is 0 Å². The summed E-state index contributed by atoms with van der Waals surface area (Å²) in [5.41, 5.74) is 3.09. The van der Waals surface area contributed by atoms with Gasteiger partial charge in [0.2, 0.25) is 12.5 Å². The summed E-state index contributed by atoms with van der Waals surface area (Å²) in [5.74, 6) is 16.3. The summed E-state index contributed by atoms with van der Waals surface area (Å²) in [5, 5.41) is 0. The van der Waals surface area contributed by atoms with Gasteiger partial charge < -0.3 is 28.4 Å². The van der Waals surface area contributed by atoms with Crippen molar-refractivity contribution in [2.75, 3.05) is 35.2 Å². The smallest absolute Gasteiger partial charge is 0.231 e. The van der Waals surface area contributed by atoms with Gasteiger partial charge >= 0.3 is 0 Å². The summed E-state index contributed by atoms with van der Waals surface area (Å²) in [7, 11) is 6.32. The van der Waals surface area contributed by atoms with Gasteiger partial charge in [0.25, 0.3) is 0 Å². The molecule has 0 bridgehead atoms. The van der Waals surface area contributed by atoms with Gasteiger partial charge in [-0.05, 0) is 48.5 Å². The van der Waals surface area contributed by atoms with Crippen LogP contribution in [0.25, 0.3) is 0 Å². The maximum Gasteiger partial charge on any atom is 0.231 e. The van der Waals surface area contributed by atoms with Crippen LogP contribution in [0.4, 0.5) is 0 Å². The first kappa shape index (κ1) is 21.8. The minimum absolute atomic E-state index is 0.232. The van der Waals surface area contributed by atoms with E-state index in [1.54, 1.807) is 40.6 Å². The van der Waals surface area contributed by atoms with Gasteiger partial charge in [-0.15, -0.1) is 0 Å². The number of hydrogen-bond donors (Lipinski definition) is 0. The monoisotopic (exact) mass is 442 g/mol. The molecule has 0 N–H and O–H groups in total. The zero-order valence-electron chi connectivity index (χ0n) is 18.8. The Bertz CT molecular complexity index is 1280. The average Bonchev–Trinajstić information content (AvgIpc) is 3.33. The van der Waals surface area contributed by atoms with Gasteiger partial charge in [0.05, 0.1) is 28.4 Å². The molecule has 1 heterocycles. The Morgan fingerprint density at radius 2 is 1.15 bits per heavy atom. The maximum absolute atomic E-state index is 5.43. The van der Waals surface area contributed by atoms with Crippen LogP contribution in [0.3, 0.4) is 0 Å². The molecule has 0 saturated heterocycles. The molecule has 4 rings (SSSR count). The van der Waals surface area contributed by atoms with Crippen molar-refractivity contribution in [2.24, 2.45) is 0 Å². The summed E-state index contributed by atoms with van der Waals surface area (Å²) in [4.78, 5) is 0. The van der Waals surface area contributed by atoms with Gasteiger partial charge in [0.15, 0.2) is 23.0 Å². The van der Waals surface area contributed by atoms with Gasteiger partial charge in [0, 0.05) is 22.3 Å². The summed E-state index contributed by atoms with van der Waals surface area (Å²) in [6, 6.07) is 14.8. The van der Waals surface area contributed by atoms with E-state index >= 15 is 0 Å². The molecule has 0 unspecified atom stereocenters. The topological polar surface area (TPSA) is 55.4 Å². The van der Waals surface area contributed by atoms with E-state index in [-0.39, 0.29) is 6.79 Å². The van der Waals surface area contributed by atoms with Crippen LogP contribution in [0, 0.1) is 23.7 Å². The molecule has 33 heavy (non-hydrogen) atoms. The fraction of sp³-hybridized carbons (Fsp3) is 0.185. The average molecular weight is 442 g/mol. The highest BCUT2D eigenvalue weighted by atomic mass is 16.7. The summed E-state index contributed by atoms with van der Waals surface area (Å²) in [6.07, 6.45) is 0. The van der Waals surface area contributed by atoms with Crippen molar-refractivity contribution in [3.8, 4) is 58.2 Å². The number of methoxy groups -OCH3 is 4. The highest BCUT2D eigenvalue weighted by Gasteiger charge is 2.13. The number of benzene rings is 3. The van der Waals surface area contributed by atoms with E-state index in [1.807, 2.05) is 36.4 Å². The van der Waals surface area contributed by atoms with Gasteiger partial charge in [-0.25, -0.2) is 0 Å². The minimum atomic E-state index is 0.232. The zero-order chi connectivity index (χ0) is 23.2.